The first kappa shape index (κ1) is 21.4. The number of rotatable bonds is 6. The summed E-state index contributed by atoms with van der Waals surface area (Å²) in [5, 5.41) is 17.8. The molecule has 162 valence electrons. The molecule has 0 spiro atoms. The van der Waals surface area contributed by atoms with E-state index in [1.54, 1.807) is 0 Å². The first-order valence-electron chi connectivity index (χ1n) is 9.68. The molecule has 1 fully saturated rings. The maximum atomic E-state index is 12.8. The zero-order valence-corrected chi connectivity index (χ0v) is 18.7. The van der Waals surface area contributed by atoms with Crippen LogP contribution in [-0.4, -0.2) is 55.8 Å². The third-order valence-corrected chi connectivity index (χ3v) is 8.07. The van der Waals surface area contributed by atoms with Crippen LogP contribution in [0.15, 0.2) is 45.3 Å². The van der Waals surface area contributed by atoms with Gasteiger partial charge in [0.15, 0.2) is 15.6 Å². The average molecular weight is 460 g/mol. The Morgan fingerprint density at radius 2 is 1.94 bits per heavy atom. The third kappa shape index (κ3) is 4.31. The molecule has 0 radical (unpaired) electrons. The van der Waals surface area contributed by atoms with E-state index in [0.717, 1.165) is 23.1 Å². The molecule has 11 heteroatoms. The number of carbonyl (C=O) groups excluding carboxylic acids is 1. The summed E-state index contributed by atoms with van der Waals surface area (Å²) in [5.74, 6) is 0.846. The molecular formula is C20H21N5O4S2. The largest absolute Gasteiger partial charge is 0.416 e. The highest BCUT2D eigenvalue weighted by atomic mass is 32.2. The van der Waals surface area contributed by atoms with E-state index in [1.807, 2.05) is 54.2 Å². The molecule has 4 rings (SSSR count). The number of benzene rings is 1. The van der Waals surface area contributed by atoms with Crippen molar-refractivity contribution in [2.45, 2.75) is 18.1 Å². The number of Topliss-reactive ketones (excluding diaryl/α,β-unsaturated/α-hetero) is 1. The molecule has 1 aromatic heterocycles. The Balaban J connectivity index is 1.42. The highest BCUT2D eigenvalue weighted by Gasteiger charge is 2.32. The van der Waals surface area contributed by atoms with Crippen LogP contribution in [0.1, 0.15) is 12.3 Å². The van der Waals surface area contributed by atoms with Gasteiger partial charge in [-0.15, -0.1) is 10.2 Å². The van der Waals surface area contributed by atoms with Crippen molar-refractivity contribution in [3.05, 3.63) is 41.6 Å². The van der Waals surface area contributed by atoms with Crippen LogP contribution < -0.4 is 9.80 Å². The topological polar surface area (TPSA) is 120 Å². The molecule has 31 heavy (non-hydrogen) atoms. The maximum Gasteiger partial charge on any atom is 0.277 e. The summed E-state index contributed by atoms with van der Waals surface area (Å²) >= 11 is 1.07. The Labute approximate surface area is 184 Å². The van der Waals surface area contributed by atoms with E-state index in [4.69, 9.17) is 4.42 Å². The minimum Gasteiger partial charge on any atom is -0.416 e. The van der Waals surface area contributed by atoms with Crippen molar-refractivity contribution in [2.24, 2.45) is 5.92 Å². The van der Waals surface area contributed by atoms with E-state index >= 15 is 0 Å². The summed E-state index contributed by atoms with van der Waals surface area (Å²) in [7, 11) is 0.682. The molecule has 9 nitrogen and oxygen atoms in total. The Morgan fingerprint density at radius 1 is 1.26 bits per heavy atom. The summed E-state index contributed by atoms with van der Waals surface area (Å²) in [4.78, 5) is 16.5. The van der Waals surface area contributed by atoms with Gasteiger partial charge >= 0.3 is 0 Å². The second kappa shape index (κ2) is 8.36. The monoisotopic (exact) mass is 459 g/mol. The fourth-order valence-corrected chi connectivity index (χ4v) is 6.43. The summed E-state index contributed by atoms with van der Waals surface area (Å²) in [6, 6.07) is 9.73. The molecule has 0 saturated carbocycles. The number of allylic oxidation sites excluding steroid dienone is 1. The number of para-hydroxylation sites is 2. The van der Waals surface area contributed by atoms with Crippen molar-refractivity contribution in [3.63, 3.8) is 0 Å². The van der Waals surface area contributed by atoms with Crippen molar-refractivity contribution in [2.75, 3.05) is 41.2 Å². The molecule has 0 bridgehead atoms. The Morgan fingerprint density at radius 3 is 2.52 bits per heavy atom. The predicted octanol–water partition coefficient (Wildman–Crippen LogP) is 2.03. The lowest BCUT2D eigenvalue weighted by atomic mass is 10.1. The lowest BCUT2D eigenvalue weighted by molar-refractivity contribution is -0.112. The first-order valence-corrected chi connectivity index (χ1v) is 12.5. The number of sulfone groups is 1. The van der Waals surface area contributed by atoms with Gasteiger partial charge in [-0.05, 0) is 24.5 Å². The minimum atomic E-state index is -2.96. The Hall–Kier alpha value is -2.84. The second-order valence-electron chi connectivity index (χ2n) is 7.56. The summed E-state index contributed by atoms with van der Waals surface area (Å²) in [6.45, 7) is 0. The molecule has 2 aliphatic heterocycles. The molecule has 0 aliphatic carbocycles. The van der Waals surface area contributed by atoms with Gasteiger partial charge in [-0.25, -0.2) is 8.42 Å². The van der Waals surface area contributed by atoms with Crippen LogP contribution in [0.5, 0.6) is 0 Å². The average Bonchev–Trinajstić information content (AvgIpc) is 3.40. The molecule has 1 saturated heterocycles. The lowest BCUT2D eigenvalue weighted by Crippen LogP contribution is -2.26. The van der Waals surface area contributed by atoms with E-state index in [9.17, 15) is 18.5 Å². The van der Waals surface area contributed by atoms with E-state index < -0.39 is 9.84 Å². The van der Waals surface area contributed by atoms with Gasteiger partial charge in [-0.2, -0.15) is 5.26 Å². The molecule has 1 unspecified atom stereocenters. The van der Waals surface area contributed by atoms with Gasteiger partial charge in [0.05, 0.1) is 28.6 Å². The van der Waals surface area contributed by atoms with Crippen molar-refractivity contribution in [1.82, 2.24) is 10.2 Å². The minimum absolute atomic E-state index is 0.0186. The first-order chi connectivity index (χ1) is 14.8. The van der Waals surface area contributed by atoms with Gasteiger partial charge in [-0.1, -0.05) is 23.9 Å². The SMILES string of the molecule is CN1C(=C(C#N)C(=O)CSc2nnc(CC3CCS(=O)(=O)C3)o2)N(C)c2ccccc21. The quantitative estimate of drug-likeness (QED) is 0.360. The van der Waals surface area contributed by atoms with Crippen LogP contribution in [0, 0.1) is 17.2 Å². The fraction of sp³-hybridized carbons (Fsp3) is 0.400. The van der Waals surface area contributed by atoms with Crippen molar-refractivity contribution in [3.8, 4) is 6.07 Å². The smallest absolute Gasteiger partial charge is 0.277 e. The lowest BCUT2D eigenvalue weighted by Gasteiger charge is -2.19. The molecule has 0 amide bonds. The van der Waals surface area contributed by atoms with E-state index in [1.165, 1.54) is 0 Å². The molecule has 2 aliphatic rings. The second-order valence-corrected chi connectivity index (χ2v) is 10.7. The van der Waals surface area contributed by atoms with Crippen molar-refractivity contribution >= 4 is 38.8 Å². The zero-order valence-electron chi connectivity index (χ0n) is 17.1. The van der Waals surface area contributed by atoms with Gasteiger partial charge < -0.3 is 14.2 Å². The number of carbonyl (C=O) groups is 1. The third-order valence-electron chi connectivity index (χ3n) is 5.42. The number of fused-ring (bicyclic) bond motifs is 1. The summed E-state index contributed by atoms with van der Waals surface area (Å²) < 4.78 is 28.7. The Kier molecular flexibility index (Phi) is 5.77. The van der Waals surface area contributed by atoms with Crippen molar-refractivity contribution < 1.29 is 17.6 Å². The van der Waals surface area contributed by atoms with Gasteiger partial charge in [-0.3, -0.25) is 4.79 Å². The number of thioether (sulfide) groups is 1. The van der Waals surface area contributed by atoms with Crippen LogP contribution in [0.3, 0.4) is 0 Å². The van der Waals surface area contributed by atoms with Crippen molar-refractivity contribution in [1.29, 1.82) is 5.26 Å². The number of aromatic nitrogens is 2. The summed E-state index contributed by atoms with van der Waals surface area (Å²) in [5.41, 5.74) is 1.90. The van der Waals surface area contributed by atoms with Crippen LogP contribution in [-0.2, 0) is 21.1 Å². The number of ketones is 1. The zero-order chi connectivity index (χ0) is 22.2. The maximum absolute atomic E-state index is 12.8. The molecule has 2 aromatic rings. The van der Waals surface area contributed by atoms with Crippen LogP contribution >= 0.6 is 11.8 Å². The number of anilines is 2. The van der Waals surface area contributed by atoms with Gasteiger partial charge in [0.25, 0.3) is 5.22 Å². The number of hydrogen-bond acceptors (Lipinski definition) is 10. The molecule has 1 aromatic carbocycles. The van der Waals surface area contributed by atoms with Crippen LogP contribution in [0.4, 0.5) is 11.4 Å². The number of hydrogen-bond donors (Lipinski definition) is 0. The number of nitrogens with zero attached hydrogens (tertiary/aromatic N) is 5. The normalized spacial score (nSPS) is 19.4. The fourth-order valence-electron chi connectivity index (χ4n) is 3.92. The highest BCUT2D eigenvalue weighted by molar-refractivity contribution is 7.99. The molecule has 0 N–H and O–H groups in total. The van der Waals surface area contributed by atoms with E-state index in [-0.39, 0.29) is 39.8 Å². The van der Waals surface area contributed by atoms with Gasteiger partial charge in [0.1, 0.15) is 17.5 Å². The summed E-state index contributed by atoms with van der Waals surface area (Å²) in [6.07, 6.45) is 0.996. The van der Waals surface area contributed by atoms with Gasteiger partial charge in [0.2, 0.25) is 5.89 Å². The van der Waals surface area contributed by atoms with Gasteiger partial charge in [0, 0.05) is 20.5 Å². The molecule has 1 atom stereocenters. The highest BCUT2D eigenvalue weighted by Crippen LogP contribution is 2.40. The van der Waals surface area contributed by atoms with Crippen LogP contribution in [0.25, 0.3) is 0 Å². The Bertz CT molecular complexity index is 1170. The predicted molar refractivity (Wildman–Crippen MR) is 116 cm³/mol. The van der Waals surface area contributed by atoms with Crippen LogP contribution in [0.2, 0.25) is 0 Å². The molecular weight excluding hydrogens is 438 g/mol. The number of nitriles is 1. The molecule has 3 heterocycles. The van der Waals surface area contributed by atoms with E-state index in [0.29, 0.717) is 24.6 Å². The van der Waals surface area contributed by atoms with E-state index in [2.05, 4.69) is 10.2 Å². The standard InChI is InChI=1S/C20H21N5O4S2/c1-24-15-5-3-4-6-16(15)25(2)19(24)14(10-21)17(26)11-30-20-23-22-18(29-20)9-13-7-8-31(27,28)12-13/h3-6,13H,7-9,11-12H2,1-2H3.